The minimum absolute atomic E-state index is 0.0829. The van der Waals surface area contributed by atoms with Gasteiger partial charge in [0.05, 0.1) is 18.6 Å². The van der Waals surface area contributed by atoms with Crippen molar-refractivity contribution in [3.63, 3.8) is 0 Å². The van der Waals surface area contributed by atoms with Crippen LogP contribution >= 0.6 is 0 Å². The number of benzene rings is 2. The van der Waals surface area contributed by atoms with Crippen LogP contribution in [0.5, 0.6) is 11.5 Å². The number of rotatable bonds is 9. The van der Waals surface area contributed by atoms with E-state index in [-0.39, 0.29) is 12.2 Å². The van der Waals surface area contributed by atoms with Crippen molar-refractivity contribution in [1.82, 2.24) is 10.3 Å². The van der Waals surface area contributed by atoms with Gasteiger partial charge >= 0.3 is 23.9 Å². The van der Waals surface area contributed by atoms with E-state index in [2.05, 4.69) is 10.3 Å². The molecule has 46 heavy (non-hydrogen) atoms. The molecule has 1 amide bonds. The Morgan fingerprint density at radius 2 is 1.72 bits per heavy atom. The molecule has 1 aromatic heterocycles. The Balaban J connectivity index is 1.60. The van der Waals surface area contributed by atoms with Gasteiger partial charge in [0.15, 0.2) is 23.6 Å². The van der Waals surface area contributed by atoms with Gasteiger partial charge in [-0.15, -0.1) is 0 Å². The molecule has 0 aliphatic carbocycles. The average molecular weight is 637 g/mol. The van der Waals surface area contributed by atoms with Crippen molar-refractivity contribution in [1.29, 1.82) is 0 Å². The molecule has 1 N–H and O–H groups in total. The quantitative estimate of drug-likeness (QED) is 0.271. The van der Waals surface area contributed by atoms with Gasteiger partial charge in [-0.05, 0) is 31.0 Å². The van der Waals surface area contributed by atoms with Crippen LogP contribution in [0.3, 0.4) is 0 Å². The van der Waals surface area contributed by atoms with Crippen molar-refractivity contribution in [2.24, 2.45) is 11.8 Å². The van der Waals surface area contributed by atoms with Crippen LogP contribution in [0.15, 0.2) is 66.9 Å². The fraction of sp³-hybridized carbons (Fsp3) is 0.333. The molecule has 2 aromatic carbocycles. The fourth-order valence-electron chi connectivity index (χ4n) is 4.60. The zero-order chi connectivity index (χ0) is 33.4. The first-order chi connectivity index (χ1) is 22.0. The third-order valence-corrected chi connectivity index (χ3v) is 7.06. The predicted molar refractivity (Wildman–Crippen MR) is 158 cm³/mol. The van der Waals surface area contributed by atoms with Crippen LogP contribution in [0.4, 0.5) is 4.39 Å². The van der Waals surface area contributed by atoms with E-state index in [1.54, 1.807) is 38.1 Å². The highest BCUT2D eigenvalue weighted by atomic mass is 19.1. The lowest BCUT2D eigenvalue weighted by atomic mass is 9.91. The molecule has 0 bridgehead atoms. The van der Waals surface area contributed by atoms with E-state index in [1.807, 2.05) is 6.07 Å². The first kappa shape index (κ1) is 33.6. The second kappa shape index (κ2) is 15.1. The number of carbonyl (C=O) groups excluding carboxylic acids is 5. The maximum absolute atomic E-state index is 14.2. The lowest BCUT2D eigenvalue weighted by Crippen LogP contribution is -2.47. The number of esters is 4. The number of carbonyl (C=O) groups is 5. The SMILES string of the molecule is COc1ccnc(C(=O)NC2COC(=O)C(Cc3ccccc3)C(OC(=O)C(C)C)C(C)OC2=O)c1OC(=O)c1ccccc1F. The molecule has 0 radical (unpaired) electrons. The maximum Gasteiger partial charge on any atom is 0.346 e. The predicted octanol–water partition coefficient (Wildman–Crippen LogP) is 3.46. The first-order valence-electron chi connectivity index (χ1n) is 14.4. The number of ether oxygens (including phenoxy) is 5. The zero-order valence-electron chi connectivity index (χ0n) is 25.6. The number of pyridine rings is 1. The molecule has 1 fully saturated rings. The lowest BCUT2D eigenvalue weighted by Gasteiger charge is -2.29. The molecule has 0 spiro atoms. The highest BCUT2D eigenvalue weighted by molar-refractivity contribution is 6.00. The van der Waals surface area contributed by atoms with E-state index in [1.165, 1.54) is 44.5 Å². The van der Waals surface area contributed by atoms with Gasteiger partial charge in [0, 0.05) is 12.3 Å². The van der Waals surface area contributed by atoms with Gasteiger partial charge in [-0.2, -0.15) is 0 Å². The van der Waals surface area contributed by atoms with Crippen LogP contribution in [-0.2, 0) is 35.0 Å². The summed E-state index contributed by atoms with van der Waals surface area (Å²) < 4.78 is 41.6. The average Bonchev–Trinajstić information content (AvgIpc) is 3.07. The summed E-state index contributed by atoms with van der Waals surface area (Å²) in [6.07, 6.45) is -1.02. The van der Waals surface area contributed by atoms with Gasteiger partial charge in [0.2, 0.25) is 5.75 Å². The van der Waals surface area contributed by atoms with Crippen molar-refractivity contribution in [2.75, 3.05) is 13.7 Å². The Hall–Kier alpha value is -5.33. The number of hydrogen-bond donors (Lipinski definition) is 1. The Kier molecular flexibility index (Phi) is 11.0. The van der Waals surface area contributed by atoms with Crippen molar-refractivity contribution >= 4 is 29.8 Å². The largest absolute Gasteiger partial charge is 0.493 e. The van der Waals surface area contributed by atoms with E-state index in [0.29, 0.717) is 0 Å². The normalized spacial score (nSPS) is 19.9. The smallest absolute Gasteiger partial charge is 0.346 e. The Morgan fingerprint density at radius 1 is 1.02 bits per heavy atom. The third kappa shape index (κ3) is 8.03. The van der Waals surface area contributed by atoms with E-state index in [4.69, 9.17) is 23.7 Å². The number of nitrogens with zero attached hydrogens (tertiary/aromatic N) is 1. The highest BCUT2D eigenvalue weighted by Crippen LogP contribution is 2.31. The van der Waals surface area contributed by atoms with Crippen LogP contribution in [0.1, 0.15) is 47.2 Å². The van der Waals surface area contributed by atoms with Gasteiger partial charge in [0.25, 0.3) is 5.91 Å². The molecule has 1 saturated heterocycles. The molecule has 4 unspecified atom stereocenters. The minimum atomic E-state index is -1.54. The summed E-state index contributed by atoms with van der Waals surface area (Å²) in [6, 6.07) is 13.8. The molecule has 4 atom stereocenters. The number of aromatic nitrogens is 1. The van der Waals surface area contributed by atoms with Gasteiger partial charge in [-0.3, -0.25) is 14.4 Å². The molecule has 4 rings (SSSR count). The Bertz CT molecular complexity index is 1600. The van der Waals surface area contributed by atoms with Gasteiger partial charge in [-0.1, -0.05) is 56.3 Å². The summed E-state index contributed by atoms with van der Waals surface area (Å²) in [5.74, 6) is -7.50. The number of halogens is 1. The van der Waals surface area contributed by atoms with Crippen LogP contribution in [0.2, 0.25) is 0 Å². The van der Waals surface area contributed by atoms with E-state index >= 15 is 0 Å². The van der Waals surface area contributed by atoms with Gasteiger partial charge in [-0.25, -0.2) is 19.0 Å². The Labute approximate surface area is 264 Å². The summed E-state index contributed by atoms with van der Waals surface area (Å²) in [6.45, 7) is 4.08. The zero-order valence-corrected chi connectivity index (χ0v) is 25.6. The van der Waals surface area contributed by atoms with Crippen LogP contribution < -0.4 is 14.8 Å². The van der Waals surface area contributed by atoms with E-state index < -0.39 is 89.3 Å². The van der Waals surface area contributed by atoms with Crippen LogP contribution in [-0.4, -0.2) is 66.7 Å². The number of cyclic esters (lactones) is 2. The van der Waals surface area contributed by atoms with E-state index in [0.717, 1.165) is 11.6 Å². The monoisotopic (exact) mass is 636 g/mol. The van der Waals surface area contributed by atoms with Crippen molar-refractivity contribution in [2.45, 2.75) is 45.4 Å². The molecule has 2 heterocycles. The molecule has 13 heteroatoms. The first-order valence-corrected chi connectivity index (χ1v) is 14.4. The standard InChI is InChI=1S/C33H33FN2O10/c1-18(2)30(38)45-27-19(3)44-33(41)24(17-43-31(39)22(27)16-20-10-6-5-7-11-20)36-29(37)26-28(25(42-4)14-15-35-26)46-32(40)21-12-8-9-13-23(21)34/h5-15,18-19,22,24,27H,16-17H2,1-4H3,(H,36,37). The number of nitrogens with one attached hydrogen (secondary N) is 1. The highest BCUT2D eigenvalue weighted by Gasteiger charge is 2.42. The molecule has 1 aliphatic heterocycles. The van der Waals surface area contributed by atoms with Gasteiger partial charge in [0.1, 0.15) is 24.4 Å². The van der Waals surface area contributed by atoms with Crippen LogP contribution in [0, 0.1) is 17.7 Å². The topological polar surface area (TPSA) is 156 Å². The lowest BCUT2D eigenvalue weighted by molar-refractivity contribution is -0.176. The molecule has 242 valence electrons. The second-order valence-corrected chi connectivity index (χ2v) is 10.7. The molecular formula is C33H33FN2O10. The maximum atomic E-state index is 14.2. The van der Waals surface area contributed by atoms with Crippen molar-refractivity contribution in [3.8, 4) is 11.5 Å². The molecular weight excluding hydrogens is 603 g/mol. The third-order valence-electron chi connectivity index (χ3n) is 7.06. The summed E-state index contributed by atoms with van der Waals surface area (Å²) in [4.78, 5) is 69.6. The minimum Gasteiger partial charge on any atom is -0.493 e. The summed E-state index contributed by atoms with van der Waals surface area (Å²) in [5.41, 5.74) is -0.140. The number of methoxy groups -OCH3 is 1. The number of amides is 1. The molecule has 3 aromatic rings. The summed E-state index contributed by atoms with van der Waals surface area (Å²) in [7, 11) is 1.25. The molecule has 12 nitrogen and oxygen atoms in total. The Morgan fingerprint density at radius 3 is 2.39 bits per heavy atom. The van der Waals surface area contributed by atoms with Crippen LogP contribution in [0.25, 0.3) is 0 Å². The summed E-state index contributed by atoms with van der Waals surface area (Å²) >= 11 is 0. The fourth-order valence-corrected chi connectivity index (χ4v) is 4.60. The van der Waals surface area contributed by atoms with E-state index in [9.17, 15) is 28.4 Å². The van der Waals surface area contributed by atoms with Crippen molar-refractivity contribution < 1.29 is 52.0 Å². The molecule has 1 aliphatic rings. The van der Waals surface area contributed by atoms with Gasteiger partial charge < -0.3 is 29.0 Å². The summed E-state index contributed by atoms with van der Waals surface area (Å²) in [5, 5.41) is 2.39. The van der Waals surface area contributed by atoms with Crippen molar-refractivity contribution in [3.05, 3.63) is 89.5 Å². The second-order valence-electron chi connectivity index (χ2n) is 10.7. The molecule has 0 saturated carbocycles. The number of hydrogen-bond acceptors (Lipinski definition) is 11.